The fraction of sp³-hybridized carbons (Fsp3) is 0.259. The summed E-state index contributed by atoms with van der Waals surface area (Å²) in [4.78, 5) is 20.2. The molecule has 2 aliphatic rings. The van der Waals surface area contributed by atoms with E-state index in [4.69, 9.17) is 4.99 Å². The van der Waals surface area contributed by atoms with Gasteiger partial charge in [0.25, 0.3) is 0 Å². The SMILES string of the molecule is C=C(C)Nc1ccccc1/C=C/C=NC12CC(C)=CC(Cc3[nH]c(=O)ccc31)/C2=C\C. The molecule has 1 aromatic heterocycles. The molecular formula is C27H29N3O. The van der Waals surface area contributed by atoms with E-state index >= 15 is 0 Å². The molecule has 2 aliphatic carbocycles. The standard InChI is InChI=1S/C27H29N3O/c1-5-22-21-15-19(4)17-27(22,23-12-13-26(31)30-25(23)16-21)28-14-8-10-20-9-6-7-11-24(20)29-18(2)3/h5-15,21,29H,2,16-17H2,1,3-4H3,(H,30,31)/b10-8+,22-5+,28-14?. The summed E-state index contributed by atoms with van der Waals surface area (Å²) in [6.07, 6.45) is 12.1. The number of fused-ring (bicyclic) bond motifs is 4. The van der Waals surface area contributed by atoms with Crippen LogP contribution in [0.1, 0.15) is 44.0 Å². The highest BCUT2D eigenvalue weighted by molar-refractivity contribution is 5.82. The average molecular weight is 412 g/mol. The van der Waals surface area contributed by atoms with Gasteiger partial charge in [0.05, 0.1) is 0 Å². The molecule has 4 heteroatoms. The lowest BCUT2D eigenvalue weighted by Gasteiger charge is -2.45. The highest BCUT2D eigenvalue weighted by atomic mass is 16.1. The van der Waals surface area contributed by atoms with Crippen molar-refractivity contribution in [3.8, 4) is 0 Å². The Morgan fingerprint density at radius 1 is 1.29 bits per heavy atom. The number of rotatable bonds is 5. The summed E-state index contributed by atoms with van der Waals surface area (Å²) in [7, 11) is 0. The number of hydrogen-bond donors (Lipinski definition) is 2. The summed E-state index contributed by atoms with van der Waals surface area (Å²) in [6, 6.07) is 11.7. The van der Waals surface area contributed by atoms with Crippen LogP contribution in [0.4, 0.5) is 5.69 Å². The second-order valence-corrected chi connectivity index (χ2v) is 8.45. The topological polar surface area (TPSA) is 57.2 Å². The van der Waals surface area contributed by atoms with E-state index in [1.165, 1.54) is 11.1 Å². The largest absolute Gasteiger partial charge is 0.359 e. The highest BCUT2D eigenvalue weighted by Crippen LogP contribution is 2.51. The van der Waals surface area contributed by atoms with Gasteiger partial charge in [-0.05, 0) is 56.5 Å². The van der Waals surface area contributed by atoms with Crippen LogP contribution in [0.25, 0.3) is 6.08 Å². The fourth-order valence-electron chi connectivity index (χ4n) is 4.96. The van der Waals surface area contributed by atoms with Crippen molar-refractivity contribution in [3.63, 3.8) is 0 Å². The highest BCUT2D eigenvalue weighted by Gasteiger charge is 2.46. The van der Waals surface area contributed by atoms with Crippen LogP contribution in [-0.2, 0) is 12.0 Å². The van der Waals surface area contributed by atoms with Gasteiger partial charge in [-0.25, -0.2) is 0 Å². The lowest BCUT2D eigenvalue weighted by molar-refractivity contribution is 0.413. The first-order valence-corrected chi connectivity index (χ1v) is 10.7. The van der Waals surface area contributed by atoms with Crippen LogP contribution >= 0.6 is 0 Å². The molecule has 0 saturated carbocycles. The smallest absolute Gasteiger partial charge is 0.248 e. The minimum Gasteiger partial charge on any atom is -0.359 e. The monoisotopic (exact) mass is 411 g/mol. The van der Waals surface area contributed by atoms with Crippen molar-refractivity contribution < 1.29 is 0 Å². The molecule has 0 spiro atoms. The Kier molecular flexibility index (Phi) is 5.64. The Bertz CT molecular complexity index is 1190. The molecule has 2 atom stereocenters. The Balaban J connectivity index is 1.73. The molecule has 4 rings (SSSR count). The number of benzene rings is 1. The average Bonchev–Trinajstić information content (AvgIpc) is 2.71. The van der Waals surface area contributed by atoms with Crippen molar-refractivity contribution >= 4 is 18.0 Å². The number of H-pyrrole nitrogens is 1. The van der Waals surface area contributed by atoms with Crippen LogP contribution in [0, 0.1) is 5.92 Å². The molecule has 0 radical (unpaired) electrons. The number of nitrogens with one attached hydrogen (secondary N) is 2. The summed E-state index contributed by atoms with van der Waals surface area (Å²) in [5.41, 5.74) is 7.24. The van der Waals surface area contributed by atoms with E-state index in [1.807, 2.05) is 43.5 Å². The molecule has 1 heterocycles. The van der Waals surface area contributed by atoms with Gasteiger partial charge in [0.1, 0.15) is 5.54 Å². The molecule has 2 bridgehead atoms. The van der Waals surface area contributed by atoms with E-state index < -0.39 is 5.54 Å². The maximum atomic E-state index is 12.0. The predicted molar refractivity (Wildman–Crippen MR) is 130 cm³/mol. The molecule has 1 aromatic carbocycles. The number of para-hydroxylation sites is 1. The van der Waals surface area contributed by atoms with Crippen molar-refractivity contribution in [1.82, 2.24) is 4.98 Å². The van der Waals surface area contributed by atoms with Crippen molar-refractivity contribution in [2.45, 2.75) is 39.2 Å². The Hall–Kier alpha value is -3.40. The Labute approximate surface area is 183 Å². The van der Waals surface area contributed by atoms with Gasteiger partial charge in [0.2, 0.25) is 5.56 Å². The maximum Gasteiger partial charge on any atom is 0.248 e. The quantitative estimate of drug-likeness (QED) is 0.485. The zero-order chi connectivity index (χ0) is 22.0. The van der Waals surface area contributed by atoms with Gasteiger partial charge >= 0.3 is 0 Å². The lowest BCUT2D eigenvalue weighted by atomic mass is 9.63. The Morgan fingerprint density at radius 2 is 2.10 bits per heavy atom. The van der Waals surface area contributed by atoms with Crippen LogP contribution in [0.3, 0.4) is 0 Å². The summed E-state index contributed by atoms with van der Waals surface area (Å²) in [5.74, 6) is 0.269. The predicted octanol–water partition coefficient (Wildman–Crippen LogP) is 5.77. The van der Waals surface area contributed by atoms with Crippen molar-refractivity contribution in [1.29, 1.82) is 0 Å². The molecular weight excluding hydrogens is 382 g/mol. The maximum absolute atomic E-state index is 12.0. The number of anilines is 1. The molecule has 2 aromatic rings. The number of aromatic nitrogens is 1. The van der Waals surface area contributed by atoms with Crippen LogP contribution < -0.4 is 10.9 Å². The first-order valence-electron chi connectivity index (χ1n) is 10.7. The van der Waals surface area contributed by atoms with Crippen molar-refractivity contribution in [3.05, 3.63) is 105 Å². The summed E-state index contributed by atoms with van der Waals surface area (Å²) in [5, 5.41) is 3.30. The third-order valence-electron chi connectivity index (χ3n) is 6.04. The van der Waals surface area contributed by atoms with Crippen LogP contribution in [0.2, 0.25) is 0 Å². The van der Waals surface area contributed by atoms with E-state index in [9.17, 15) is 4.79 Å². The van der Waals surface area contributed by atoms with E-state index in [-0.39, 0.29) is 11.5 Å². The molecule has 0 aliphatic heterocycles. The number of allylic oxidation sites excluding steroid dienone is 4. The first kappa shape index (κ1) is 20.9. The molecule has 31 heavy (non-hydrogen) atoms. The van der Waals surface area contributed by atoms with E-state index in [0.29, 0.717) is 0 Å². The normalized spacial score (nSPS) is 23.8. The van der Waals surface area contributed by atoms with E-state index in [0.717, 1.165) is 41.0 Å². The zero-order valence-corrected chi connectivity index (χ0v) is 18.4. The molecule has 2 N–H and O–H groups in total. The van der Waals surface area contributed by atoms with E-state index in [1.54, 1.807) is 6.07 Å². The van der Waals surface area contributed by atoms with Gasteiger partial charge in [-0.1, -0.05) is 48.6 Å². The summed E-state index contributed by atoms with van der Waals surface area (Å²) < 4.78 is 0. The number of aliphatic imine (C=N–C) groups is 1. The molecule has 4 nitrogen and oxygen atoms in total. The van der Waals surface area contributed by atoms with Gasteiger partial charge in [-0.3, -0.25) is 9.79 Å². The molecule has 0 saturated heterocycles. The third kappa shape index (κ3) is 3.98. The second-order valence-electron chi connectivity index (χ2n) is 8.45. The van der Waals surface area contributed by atoms with Gasteiger partial charge in [-0.15, -0.1) is 0 Å². The van der Waals surface area contributed by atoms with Gasteiger partial charge < -0.3 is 10.3 Å². The summed E-state index contributed by atoms with van der Waals surface area (Å²) >= 11 is 0. The van der Waals surface area contributed by atoms with Crippen LogP contribution in [-0.4, -0.2) is 11.2 Å². The Morgan fingerprint density at radius 3 is 2.87 bits per heavy atom. The molecule has 0 amide bonds. The number of aromatic amines is 1. The van der Waals surface area contributed by atoms with E-state index in [2.05, 4.69) is 55.0 Å². The molecule has 158 valence electrons. The van der Waals surface area contributed by atoms with Crippen LogP contribution in [0.15, 0.2) is 87.8 Å². The third-order valence-corrected chi connectivity index (χ3v) is 6.04. The molecule has 0 fully saturated rings. The van der Waals surface area contributed by atoms with Gasteiger partial charge in [0.15, 0.2) is 0 Å². The van der Waals surface area contributed by atoms with Crippen molar-refractivity contribution in [2.75, 3.05) is 5.32 Å². The van der Waals surface area contributed by atoms with Gasteiger partial charge in [-0.2, -0.15) is 0 Å². The van der Waals surface area contributed by atoms with Gasteiger partial charge in [0, 0.05) is 47.3 Å². The number of hydrogen-bond acceptors (Lipinski definition) is 3. The first-order chi connectivity index (χ1) is 14.9. The molecule has 2 unspecified atom stereocenters. The minimum atomic E-state index is -0.462. The zero-order valence-electron chi connectivity index (χ0n) is 18.4. The summed E-state index contributed by atoms with van der Waals surface area (Å²) in [6.45, 7) is 10.1. The number of pyridine rings is 1. The second kappa shape index (κ2) is 8.38. The fourth-order valence-corrected chi connectivity index (χ4v) is 4.96. The lowest BCUT2D eigenvalue weighted by Crippen LogP contribution is -2.40. The number of nitrogens with zero attached hydrogens (tertiary/aromatic N) is 1. The van der Waals surface area contributed by atoms with Crippen molar-refractivity contribution in [2.24, 2.45) is 10.9 Å². The minimum absolute atomic E-state index is 0.0536. The van der Waals surface area contributed by atoms with Crippen LogP contribution in [0.5, 0.6) is 0 Å².